The van der Waals surface area contributed by atoms with E-state index < -0.39 is 0 Å². The monoisotopic (exact) mass is 420 g/mol. The summed E-state index contributed by atoms with van der Waals surface area (Å²) in [5, 5.41) is 3.26. The zero-order valence-electron chi connectivity index (χ0n) is 18.3. The second-order valence-corrected chi connectivity index (χ2v) is 9.84. The van der Waals surface area contributed by atoms with Gasteiger partial charge in [0.1, 0.15) is 6.61 Å². The highest BCUT2D eigenvalue weighted by Crippen LogP contribution is 2.59. The van der Waals surface area contributed by atoms with Crippen molar-refractivity contribution in [2.45, 2.75) is 52.1 Å². The normalized spacial score (nSPS) is 28.4. The molecule has 4 bridgehead atoms. The van der Waals surface area contributed by atoms with E-state index in [4.69, 9.17) is 9.47 Å². The van der Waals surface area contributed by atoms with Crippen molar-refractivity contribution in [3.63, 3.8) is 0 Å². The fourth-order valence-corrected chi connectivity index (χ4v) is 6.55. The molecule has 0 aliphatic heterocycles. The minimum absolute atomic E-state index is 0.0163. The van der Waals surface area contributed by atoms with Crippen molar-refractivity contribution in [3.05, 3.63) is 53.9 Å². The van der Waals surface area contributed by atoms with Crippen molar-refractivity contribution in [2.75, 3.05) is 13.2 Å². The van der Waals surface area contributed by atoms with Crippen LogP contribution in [0.15, 0.2) is 42.7 Å². The molecule has 0 atom stereocenters. The van der Waals surface area contributed by atoms with E-state index >= 15 is 0 Å². The molecule has 4 aliphatic carbocycles. The Morgan fingerprint density at radius 2 is 1.68 bits per heavy atom. The summed E-state index contributed by atoms with van der Waals surface area (Å²) < 4.78 is 11.7. The van der Waals surface area contributed by atoms with Gasteiger partial charge in [-0.2, -0.15) is 0 Å². The Balaban J connectivity index is 1.24. The van der Waals surface area contributed by atoms with E-state index in [0.717, 1.165) is 29.9 Å². The summed E-state index contributed by atoms with van der Waals surface area (Å²) in [6.45, 7) is 3.69. The fourth-order valence-electron chi connectivity index (χ4n) is 6.55. The van der Waals surface area contributed by atoms with Crippen molar-refractivity contribution in [3.8, 4) is 11.5 Å². The first-order valence-corrected chi connectivity index (χ1v) is 11.7. The number of pyridine rings is 1. The van der Waals surface area contributed by atoms with Crippen molar-refractivity contribution in [1.29, 1.82) is 0 Å². The average molecular weight is 421 g/mol. The number of nitrogens with zero attached hydrogens (tertiary/aromatic N) is 1. The number of amides is 1. The van der Waals surface area contributed by atoms with Crippen molar-refractivity contribution in [2.24, 2.45) is 23.2 Å². The first-order chi connectivity index (χ1) is 15.1. The standard InChI is InChI=1S/C26H32N2O3/c1-2-30-24-12-22(3-4-23(24)31-16-18-5-7-27-8-6-18)25(29)28-17-26-13-19-9-20(14-26)11-21(10-19)15-26/h3-8,12,19-21H,2,9-11,13-17H2,1H3,(H,28,29). The van der Waals surface area contributed by atoms with E-state index in [1.54, 1.807) is 18.5 Å². The number of carbonyl (C=O) groups is 1. The Labute approximate surface area is 184 Å². The van der Waals surface area contributed by atoms with Gasteiger partial charge in [-0.1, -0.05) is 0 Å². The summed E-state index contributed by atoms with van der Waals surface area (Å²) in [6, 6.07) is 9.32. The molecule has 0 radical (unpaired) electrons. The van der Waals surface area contributed by atoms with Crippen LogP contribution in [-0.2, 0) is 6.61 Å². The van der Waals surface area contributed by atoms with E-state index in [0.29, 0.717) is 35.7 Å². The van der Waals surface area contributed by atoms with Gasteiger partial charge in [0, 0.05) is 24.5 Å². The Hall–Kier alpha value is -2.56. The summed E-state index contributed by atoms with van der Waals surface area (Å²) >= 11 is 0. The summed E-state index contributed by atoms with van der Waals surface area (Å²) in [7, 11) is 0. The molecular formula is C26H32N2O3. The first-order valence-electron chi connectivity index (χ1n) is 11.7. The van der Waals surface area contributed by atoms with Crippen LogP contribution >= 0.6 is 0 Å². The molecule has 1 aromatic heterocycles. The molecule has 4 aliphatic rings. The van der Waals surface area contributed by atoms with Crippen LogP contribution in [0.4, 0.5) is 0 Å². The lowest BCUT2D eigenvalue weighted by Crippen LogP contribution is -2.51. The maximum Gasteiger partial charge on any atom is 0.251 e. The number of aromatic nitrogens is 1. The summed E-state index contributed by atoms with van der Waals surface area (Å²) in [4.78, 5) is 17.0. The van der Waals surface area contributed by atoms with Gasteiger partial charge >= 0.3 is 0 Å². The fraction of sp³-hybridized carbons (Fsp3) is 0.538. The molecule has 2 aromatic rings. The van der Waals surface area contributed by atoms with Gasteiger partial charge in [-0.25, -0.2) is 0 Å². The first kappa shape index (κ1) is 20.3. The third-order valence-corrected chi connectivity index (χ3v) is 7.44. The summed E-state index contributed by atoms with van der Waals surface area (Å²) in [6.07, 6.45) is 11.7. The number of hydrogen-bond acceptors (Lipinski definition) is 4. The second-order valence-electron chi connectivity index (χ2n) is 9.84. The molecule has 0 spiro atoms. The van der Waals surface area contributed by atoms with Gasteiger partial charge in [0.15, 0.2) is 11.5 Å². The van der Waals surface area contributed by atoms with Crippen LogP contribution < -0.4 is 14.8 Å². The zero-order chi connectivity index (χ0) is 21.3. The Morgan fingerprint density at radius 1 is 1.00 bits per heavy atom. The predicted molar refractivity (Wildman–Crippen MR) is 119 cm³/mol. The molecule has 6 rings (SSSR count). The number of carbonyl (C=O) groups excluding carboxylic acids is 1. The highest BCUT2D eigenvalue weighted by Gasteiger charge is 2.50. The summed E-state index contributed by atoms with van der Waals surface area (Å²) in [5.74, 6) is 3.92. The lowest BCUT2D eigenvalue weighted by molar-refractivity contribution is -0.0503. The largest absolute Gasteiger partial charge is 0.490 e. The maximum absolute atomic E-state index is 13.0. The SMILES string of the molecule is CCOc1cc(C(=O)NCC23CC4CC(CC(C4)C2)C3)ccc1OCc1ccncc1. The number of benzene rings is 1. The third kappa shape index (κ3) is 4.41. The number of ether oxygens (including phenoxy) is 2. The smallest absolute Gasteiger partial charge is 0.251 e. The van der Waals surface area contributed by atoms with Crippen molar-refractivity contribution in [1.82, 2.24) is 10.3 Å². The Bertz CT molecular complexity index is 892. The van der Waals surface area contributed by atoms with Crippen molar-refractivity contribution < 1.29 is 14.3 Å². The molecule has 1 N–H and O–H groups in total. The topological polar surface area (TPSA) is 60.5 Å². The van der Waals surface area contributed by atoms with Crippen LogP contribution in [-0.4, -0.2) is 24.0 Å². The van der Waals surface area contributed by atoms with Crippen LogP contribution in [0.5, 0.6) is 11.5 Å². The van der Waals surface area contributed by atoms with Crippen LogP contribution in [0.25, 0.3) is 0 Å². The molecule has 5 nitrogen and oxygen atoms in total. The van der Waals surface area contributed by atoms with E-state index in [1.807, 2.05) is 31.2 Å². The van der Waals surface area contributed by atoms with Crippen LogP contribution in [0.3, 0.4) is 0 Å². The molecule has 1 aromatic carbocycles. The van der Waals surface area contributed by atoms with E-state index in [-0.39, 0.29) is 5.91 Å². The highest BCUT2D eigenvalue weighted by atomic mass is 16.5. The zero-order valence-corrected chi connectivity index (χ0v) is 18.3. The molecule has 164 valence electrons. The molecule has 1 amide bonds. The molecule has 4 fully saturated rings. The maximum atomic E-state index is 13.0. The van der Waals surface area contributed by atoms with Crippen molar-refractivity contribution >= 4 is 5.91 Å². The number of nitrogens with one attached hydrogen (secondary N) is 1. The Morgan fingerprint density at radius 3 is 2.32 bits per heavy atom. The minimum Gasteiger partial charge on any atom is -0.490 e. The lowest BCUT2D eigenvalue weighted by atomic mass is 9.49. The predicted octanol–water partition coefficient (Wildman–Crippen LogP) is 5.01. The molecule has 5 heteroatoms. The highest BCUT2D eigenvalue weighted by molar-refractivity contribution is 5.94. The van der Waals surface area contributed by atoms with E-state index in [2.05, 4.69) is 10.3 Å². The van der Waals surface area contributed by atoms with Gasteiger partial charge in [0.05, 0.1) is 6.61 Å². The van der Waals surface area contributed by atoms with Gasteiger partial charge in [-0.05, 0) is 105 Å². The van der Waals surface area contributed by atoms with E-state index in [9.17, 15) is 4.79 Å². The van der Waals surface area contributed by atoms with Gasteiger partial charge in [0.2, 0.25) is 0 Å². The molecule has 4 saturated carbocycles. The Kier molecular flexibility index (Phi) is 5.59. The number of rotatable bonds is 8. The van der Waals surface area contributed by atoms with E-state index in [1.165, 1.54) is 38.5 Å². The van der Waals surface area contributed by atoms with Gasteiger partial charge in [0.25, 0.3) is 5.91 Å². The van der Waals surface area contributed by atoms with Crippen LogP contribution in [0.2, 0.25) is 0 Å². The third-order valence-electron chi connectivity index (χ3n) is 7.44. The lowest BCUT2D eigenvalue weighted by Gasteiger charge is -2.56. The number of hydrogen-bond donors (Lipinski definition) is 1. The quantitative estimate of drug-likeness (QED) is 0.652. The molecule has 31 heavy (non-hydrogen) atoms. The van der Waals surface area contributed by atoms with Crippen LogP contribution in [0.1, 0.15) is 61.4 Å². The minimum atomic E-state index is -0.0163. The molecule has 1 heterocycles. The van der Waals surface area contributed by atoms with Gasteiger partial charge < -0.3 is 14.8 Å². The van der Waals surface area contributed by atoms with Gasteiger partial charge in [-0.15, -0.1) is 0 Å². The molecular weight excluding hydrogens is 388 g/mol. The van der Waals surface area contributed by atoms with Gasteiger partial charge in [-0.3, -0.25) is 9.78 Å². The second kappa shape index (κ2) is 8.52. The average Bonchev–Trinajstić information content (AvgIpc) is 2.77. The molecule has 0 unspecified atom stereocenters. The summed E-state index contributed by atoms with van der Waals surface area (Å²) in [5.41, 5.74) is 2.00. The van der Waals surface area contributed by atoms with Crippen LogP contribution in [0, 0.1) is 23.2 Å². The molecule has 0 saturated heterocycles.